The molecule has 84 valence electrons. The lowest BCUT2D eigenvalue weighted by atomic mass is 10.2. The van der Waals surface area contributed by atoms with E-state index in [0.29, 0.717) is 5.56 Å². The Kier molecular flexibility index (Phi) is 4.02. The van der Waals surface area contributed by atoms with Gasteiger partial charge in [0.1, 0.15) is 6.07 Å². The molecule has 0 unspecified atom stereocenters. The van der Waals surface area contributed by atoms with Crippen molar-refractivity contribution in [3.05, 3.63) is 56.1 Å². The SMILES string of the molecule is N#Cc1ccccc1Nc1cc(Br)ccc1I. The van der Waals surface area contributed by atoms with E-state index < -0.39 is 0 Å². The Morgan fingerprint density at radius 3 is 2.65 bits per heavy atom. The highest BCUT2D eigenvalue weighted by atomic mass is 127. The average Bonchev–Trinajstić information content (AvgIpc) is 2.34. The summed E-state index contributed by atoms with van der Waals surface area (Å²) in [4.78, 5) is 0. The maximum absolute atomic E-state index is 9.02. The van der Waals surface area contributed by atoms with Crippen LogP contribution in [0.4, 0.5) is 11.4 Å². The molecule has 0 atom stereocenters. The third kappa shape index (κ3) is 2.99. The fraction of sp³-hybridized carbons (Fsp3) is 0. The number of nitriles is 1. The van der Waals surface area contributed by atoms with Crippen LogP contribution in [0.15, 0.2) is 46.9 Å². The van der Waals surface area contributed by atoms with Crippen LogP contribution in [0, 0.1) is 14.9 Å². The van der Waals surface area contributed by atoms with E-state index in [1.54, 1.807) is 6.07 Å². The van der Waals surface area contributed by atoms with Crippen molar-refractivity contribution in [2.45, 2.75) is 0 Å². The zero-order chi connectivity index (χ0) is 12.3. The number of hydrogen-bond donors (Lipinski definition) is 1. The Morgan fingerprint density at radius 1 is 1.12 bits per heavy atom. The largest absolute Gasteiger partial charge is 0.354 e. The second kappa shape index (κ2) is 5.52. The van der Waals surface area contributed by atoms with Gasteiger partial charge in [0, 0.05) is 8.04 Å². The normalized spacial score (nSPS) is 9.71. The van der Waals surface area contributed by atoms with Crippen molar-refractivity contribution in [1.29, 1.82) is 5.26 Å². The zero-order valence-electron chi connectivity index (χ0n) is 8.74. The first kappa shape index (κ1) is 12.4. The monoisotopic (exact) mass is 398 g/mol. The summed E-state index contributed by atoms with van der Waals surface area (Å²) in [7, 11) is 0. The van der Waals surface area contributed by atoms with Gasteiger partial charge in [-0.2, -0.15) is 5.26 Å². The van der Waals surface area contributed by atoms with E-state index >= 15 is 0 Å². The first-order valence-electron chi connectivity index (χ1n) is 4.92. The highest BCUT2D eigenvalue weighted by molar-refractivity contribution is 14.1. The van der Waals surface area contributed by atoms with Gasteiger partial charge < -0.3 is 5.32 Å². The lowest BCUT2D eigenvalue weighted by molar-refractivity contribution is 1.45. The maximum Gasteiger partial charge on any atom is 0.101 e. The number of rotatable bonds is 2. The second-order valence-corrected chi connectivity index (χ2v) is 5.48. The molecule has 0 spiro atoms. The number of anilines is 2. The van der Waals surface area contributed by atoms with Gasteiger partial charge in [0.15, 0.2) is 0 Å². The topological polar surface area (TPSA) is 35.8 Å². The molecular formula is C13H8BrIN2. The quantitative estimate of drug-likeness (QED) is 0.746. The Morgan fingerprint density at radius 2 is 1.88 bits per heavy atom. The Balaban J connectivity index is 2.38. The molecule has 0 aromatic heterocycles. The number of nitrogens with zero attached hydrogens (tertiary/aromatic N) is 1. The van der Waals surface area contributed by atoms with E-state index in [2.05, 4.69) is 49.9 Å². The summed E-state index contributed by atoms with van der Waals surface area (Å²) < 4.78 is 2.12. The lowest BCUT2D eigenvalue weighted by Crippen LogP contribution is -1.95. The van der Waals surface area contributed by atoms with Crippen LogP contribution >= 0.6 is 38.5 Å². The van der Waals surface area contributed by atoms with Crippen LogP contribution in [-0.4, -0.2) is 0 Å². The standard InChI is InChI=1S/C13H8BrIN2/c14-10-5-6-11(15)13(7-10)17-12-4-2-1-3-9(12)8-16/h1-7,17H. The summed E-state index contributed by atoms with van der Waals surface area (Å²) in [5.41, 5.74) is 2.46. The highest BCUT2D eigenvalue weighted by Gasteiger charge is 2.04. The van der Waals surface area contributed by atoms with Crippen molar-refractivity contribution in [3.63, 3.8) is 0 Å². The predicted molar refractivity (Wildman–Crippen MR) is 81.3 cm³/mol. The van der Waals surface area contributed by atoms with E-state index in [1.165, 1.54) is 0 Å². The van der Waals surface area contributed by atoms with Gasteiger partial charge in [0.25, 0.3) is 0 Å². The Bertz CT molecular complexity index is 590. The first-order valence-corrected chi connectivity index (χ1v) is 6.79. The Labute approximate surface area is 122 Å². The summed E-state index contributed by atoms with van der Waals surface area (Å²) >= 11 is 5.70. The average molecular weight is 399 g/mol. The first-order chi connectivity index (χ1) is 8.20. The molecule has 2 aromatic carbocycles. The van der Waals surface area contributed by atoms with E-state index in [1.807, 2.05) is 36.4 Å². The fourth-order valence-corrected chi connectivity index (χ4v) is 2.26. The summed E-state index contributed by atoms with van der Waals surface area (Å²) in [6.07, 6.45) is 0. The molecule has 0 bridgehead atoms. The molecule has 1 N–H and O–H groups in total. The van der Waals surface area contributed by atoms with Gasteiger partial charge in [-0.15, -0.1) is 0 Å². The van der Waals surface area contributed by atoms with Crippen molar-refractivity contribution < 1.29 is 0 Å². The van der Waals surface area contributed by atoms with Gasteiger partial charge in [-0.1, -0.05) is 28.1 Å². The number of para-hydroxylation sites is 1. The van der Waals surface area contributed by atoms with Crippen LogP contribution in [0.3, 0.4) is 0 Å². The summed E-state index contributed by atoms with van der Waals surface area (Å²) in [6, 6.07) is 15.6. The smallest absolute Gasteiger partial charge is 0.101 e. The Hall–Kier alpha value is -1.06. The number of nitrogens with one attached hydrogen (secondary N) is 1. The molecule has 0 radical (unpaired) electrons. The van der Waals surface area contributed by atoms with Crippen molar-refractivity contribution in [3.8, 4) is 6.07 Å². The second-order valence-electron chi connectivity index (χ2n) is 3.41. The van der Waals surface area contributed by atoms with Crippen LogP contribution in [0.2, 0.25) is 0 Å². The molecule has 0 aliphatic heterocycles. The minimum absolute atomic E-state index is 0.642. The van der Waals surface area contributed by atoms with Crippen LogP contribution < -0.4 is 5.32 Å². The van der Waals surface area contributed by atoms with Crippen molar-refractivity contribution in [1.82, 2.24) is 0 Å². The van der Waals surface area contributed by atoms with Gasteiger partial charge in [-0.05, 0) is 52.9 Å². The molecule has 0 amide bonds. The van der Waals surface area contributed by atoms with Gasteiger partial charge >= 0.3 is 0 Å². The highest BCUT2D eigenvalue weighted by Crippen LogP contribution is 2.27. The predicted octanol–water partition coefficient (Wildman–Crippen LogP) is 4.67. The summed E-state index contributed by atoms with van der Waals surface area (Å²) in [5.74, 6) is 0. The van der Waals surface area contributed by atoms with Crippen molar-refractivity contribution >= 4 is 49.9 Å². The third-order valence-electron chi connectivity index (χ3n) is 2.25. The molecular weight excluding hydrogens is 391 g/mol. The van der Waals surface area contributed by atoms with E-state index in [9.17, 15) is 0 Å². The van der Waals surface area contributed by atoms with E-state index in [-0.39, 0.29) is 0 Å². The number of benzene rings is 2. The molecule has 0 heterocycles. The molecule has 0 fully saturated rings. The molecule has 0 aliphatic rings. The minimum atomic E-state index is 0.642. The van der Waals surface area contributed by atoms with Crippen LogP contribution in [0.5, 0.6) is 0 Å². The van der Waals surface area contributed by atoms with Crippen molar-refractivity contribution in [2.75, 3.05) is 5.32 Å². The molecule has 2 aromatic rings. The molecule has 0 aliphatic carbocycles. The maximum atomic E-state index is 9.02. The number of hydrogen-bond acceptors (Lipinski definition) is 2. The molecule has 2 rings (SSSR count). The fourth-order valence-electron chi connectivity index (χ4n) is 1.43. The van der Waals surface area contributed by atoms with Crippen LogP contribution in [0.1, 0.15) is 5.56 Å². The van der Waals surface area contributed by atoms with Gasteiger partial charge in [-0.25, -0.2) is 0 Å². The van der Waals surface area contributed by atoms with Gasteiger partial charge in [-0.3, -0.25) is 0 Å². The molecule has 0 saturated heterocycles. The lowest BCUT2D eigenvalue weighted by Gasteiger charge is -2.10. The van der Waals surface area contributed by atoms with E-state index in [4.69, 9.17) is 5.26 Å². The van der Waals surface area contributed by atoms with E-state index in [0.717, 1.165) is 19.4 Å². The molecule has 0 saturated carbocycles. The van der Waals surface area contributed by atoms with Crippen LogP contribution in [-0.2, 0) is 0 Å². The van der Waals surface area contributed by atoms with Crippen molar-refractivity contribution in [2.24, 2.45) is 0 Å². The minimum Gasteiger partial charge on any atom is -0.354 e. The molecule has 4 heteroatoms. The molecule has 17 heavy (non-hydrogen) atoms. The molecule has 2 nitrogen and oxygen atoms in total. The van der Waals surface area contributed by atoms with Gasteiger partial charge in [0.2, 0.25) is 0 Å². The summed E-state index contributed by atoms with van der Waals surface area (Å²) in [5, 5.41) is 12.3. The number of halogens is 2. The zero-order valence-corrected chi connectivity index (χ0v) is 12.5. The summed E-state index contributed by atoms with van der Waals surface area (Å²) in [6.45, 7) is 0. The van der Waals surface area contributed by atoms with Gasteiger partial charge in [0.05, 0.1) is 16.9 Å². The van der Waals surface area contributed by atoms with Crippen LogP contribution in [0.25, 0.3) is 0 Å². The third-order valence-corrected chi connectivity index (χ3v) is 3.68.